The van der Waals surface area contributed by atoms with Gasteiger partial charge in [-0.25, -0.2) is 9.37 Å². The van der Waals surface area contributed by atoms with E-state index >= 15 is 0 Å². The fourth-order valence-electron chi connectivity index (χ4n) is 4.69. The van der Waals surface area contributed by atoms with Crippen LogP contribution >= 0.6 is 0 Å². The molecule has 2 aromatic heterocycles. The summed E-state index contributed by atoms with van der Waals surface area (Å²) < 4.78 is 20.3. The summed E-state index contributed by atoms with van der Waals surface area (Å²) in [5, 5.41) is 0. The van der Waals surface area contributed by atoms with Gasteiger partial charge in [0.15, 0.2) is 0 Å². The third-order valence-corrected chi connectivity index (χ3v) is 6.26. The molecule has 170 valence electrons. The number of methoxy groups -OCH3 is 1. The molecule has 1 aromatic carbocycles. The molecule has 33 heavy (non-hydrogen) atoms. The Morgan fingerprint density at radius 1 is 1.24 bits per heavy atom. The Bertz CT molecular complexity index is 1250. The van der Waals surface area contributed by atoms with Crippen LogP contribution in [0, 0.1) is 12.7 Å². The molecule has 2 aliphatic heterocycles. The van der Waals surface area contributed by atoms with E-state index in [1.54, 1.807) is 29.2 Å². The average molecular weight is 449 g/mol. The number of fused-ring (bicyclic) bond motifs is 1. The average Bonchev–Trinajstić information content (AvgIpc) is 3.34. The van der Waals surface area contributed by atoms with Gasteiger partial charge in [-0.2, -0.15) is 4.98 Å². The number of anilines is 2. The van der Waals surface area contributed by atoms with Gasteiger partial charge in [0, 0.05) is 48.2 Å². The normalized spacial score (nSPS) is 19.8. The van der Waals surface area contributed by atoms with Crippen LogP contribution in [-0.4, -0.2) is 47.1 Å². The van der Waals surface area contributed by atoms with E-state index in [0.717, 1.165) is 18.7 Å². The number of hydrogen-bond acceptors (Lipinski definition) is 7. The van der Waals surface area contributed by atoms with Crippen LogP contribution in [0.5, 0.6) is 5.75 Å². The highest BCUT2D eigenvalue weighted by Crippen LogP contribution is 2.44. The first-order chi connectivity index (χ1) is 15.9. The summed E-state index contributed by atoms with van der Waals surface area (Å²) in [5.74, 6) is 0.748. The van der Waals surface area contributed by atoms with Crippen molar-refractivity contribution in [2.75, 3.05) is 30.0 Å². The van der Waals surface area contributed by atoms with Gasteiger partial charge in [0.05, 0.1) is 24.4 Å². The maximum Gasteiger partial charge on any atom is 0.260 e. The Balaban J connectivity index is 1.60. The number of rotatable bonds is 4. The molecule has 0 aliphatic carbocycles. The second-order valence-electron chi connectivity index (χ2n) is 8.45. The van der Waals surface area contributed by atoms with Crippen molar-refractivity contribution in [1.29, 1.82) is 0 Å². The fourth-order valence-corrected chi connectivity index (χ4v) is 4.69. The molecule has 1 fully saturated rings. The van der Waals surface area contributed by atoms with Crippen molar-refractivity contribution in [3.8, 4) is 17.0 Å². The minimum absolute atomic E-state index is 0.0820. The van der Waals surface area contributed by atoms with Crippen LogP contribution in [0.25, 0.3) is 11.3 Å². The molecule has 2 unspecified atom stereocenters. The lowest BCUT2D eigenvalue weighted by molar-refractivity contribution is 0.0991. The van der Waals surface area contributed by atoms with E-state index in [4.69, 9.17) is 15.5 Å². The van der Waals surface area contributed by atoms with Gasteiger partial charge >= 0.3 is 0 Å². The molecule has 0 spiro atoms. The second-order valence-corrected chi connectivity index (χ2v) is 8.45. The molecule has 5 rings (SSSR count). The fraction of sp³-hybridized carbons (Fsp3) is 0.333. The quantitative estimate of drug-likeness (QED) is 0.654. The topological polar surface area (TPSA) is 97.5 Å². The van der Waals surface area contributed by atoms with Crippen LogP contribution in [0.3, 0.4) is 0 Å². The number of carbonyl (C=O) groups is 1. The number of nitrogens with zero attached hydrogens (tertiary/aromatic N) is 5. The molecule has 2 aliphatic rings. The molecule has 4 heterocycles. The Hall–Kier alpha value is -3.59. The SMILES string of the molecule is COc1cccc(F)c1-c1nccc2c1C(C)N(c1cc(C)nc(N3CCC(N)C3)n1)C2=O. The van der Waals surface area contributed by atoms with Gasteiger partial charge in [-0.3, -0.25) is 14.7 Å². The van der Waals surface area contributed by atoms with Crippen LogP contribution < -0.4 is 20.3 Å². The Labute approximate surface area is 191 Å². The number of halogens is 1. The van der Waals surface area contributed by atoms with E-state index in [2.05, 4.69) is 9.97 Å². The number of nitrogens with two attached hydrogens (primary N) is 1. The molecule has 0 bridgehead atoms. The molecule has 0 saturated carbocycles. The second kappa shape index (κ2) is 8.08. The molecule has 2 atom stereocenters. The van der Waals surface area contributed by atoms with E-state index in [0.29, 0.717) is 40.9 Å². The number of aromatic nitrogens is 3. The van der Waals surface area contributed by atoms with Crippen LogP contribution in [0.1, 0.15) is 41.0 Å². The van der Waals surface area contributed by atoms with Crippen LogP contribution in [0.15, 0.2) is 36.5 Å². The van der Waals surface area contributed by atoms with E-state index in [-0.39, 0.29) is 17.5 Å². The maximum absolute atomic E-state index is 14.9. The lowest BCUT2D eigenvalue weighted by Crippen LogP contribution is -2.30. The van der Waals surface area contributed by atoms with Crippen LogP contribution in [0.4, 0.5) is 16.2 Å². The Morgan fingerprint density at radius 3 is 2.79 bits per heavy atom. The number of amides is 1. The molecule has 1 saturated heterocycles. The highest BCUT2D eigenvalue weighted by atomic mass is 19.1. The predicted molar refractivity (Wildman–Crippen MR) is 123 cm³/mol. The lowest BCUT2D eigenvalue weighted by atomic mass is 9.98. The predicted octanol–water partition coefficient (Wildman–Crippen LogP) is 3.25. The minimum Gasteiger partial charge on any atom is -0.496 e. The number of ether oxygens (including phenoxy) is 1. The molecular formula is C24H25FN6O2. The van der Waals surface area contributed by atoms with E-state index in [1.807, 2.05) is 18.7 Å². The zero-order valence-corrected chi connectivity index (χ0v) is 18.7. The Morgan fingerprint density at radius 2 is 2.06 bits per heavy atom. The van der Waals surface area contributed by atoms with E-state index < -0.39 is 11.9 Å². The van der Waals surface area contributed by atoms with Gasteiger partial charge in [-0.05, 0) is 38.5 Å². The first kappa shape index (κ1) is 21.3. The number of hydrogen-bond donors (Lipinski definition) is 1. The van der Waals surface area contributed by atoms with E-state index in [9.17, 15) is 9.18 Å². The third kappa shape index (κ3) is 3.48. The molecular weight excluding hydrogens is 423 g/mol. The standard InChI is InChI=1S/C24H25FN6O2/c1-13-11-19(29-24(28-13)30-10-8-15(26)12-30)31-14(2)20-16(23(31)32)7-9-27-22(20)21-17(25)5-4-6-18(21)33-3/h4-7,9,11,14-15H,8,10,12,26H2,1-3H3. The summed E-state index contributed by atoms with van der Waals surface area (Å²) in [6.45, 7) is 5.22. The molecule has 9 heteroatoms. The van der Waals surface area contributed by atoms with Crippen molar-refractivity contribution >= 4 is 17.7 Å². The van der Waals surface area contributed by atoms with Gasteiger partial charge in [0.25, 0.3) is 5.91 Å². The lowest BCUT2D eigenvalue weighted by Gasteiger charge is -2.24. The highest BCUT2D eigenvalue weighted by molar-refractivity contribution is 6.11. The summed E-state index contributed by atoms with van der Waals surface area (Å²) in [6.07, 6.45) is 2.40. The van der Waals surface area contributed by atoms with Crippen LogP contribution in [0.2, 0.25) is 0 Å². The van der Waals surface area contributed by atoms with Crippen molar-refractivity contribution in [1.82, 2.24) is 15.0 Å². The largest absolute Gasteiger partial charge is 0.496 e. The van der Waals surface area contributed by atoms with Crippen molar-refractivity contribution in [2.45, 2.75) is 32.4 Å². The highest BCUT2D eigenvalue weighted by Gasteiger charge is 2.39. The molecule has 0 radical (unpaired) electrons. The van der Waals surface area contributed by atoms with Gasteiger partial charge in [0.1, 0.15) is 17.4 Å². The van der Waals surface area contributed by atoms with Gasteiger partial charge in [0.2, 0.25) is 5.95 Å². The van der Waals surface area contributed by atoms with E-state index in [1.165, 1.54) is 19.4 Å². The smallest absolute Gasteiger partial charge is 0.260 e. The first-order valence-electron chi connectivity index (χ1n) is 10.9. The molecule has 1 amide bonds. The summed E-state index contributed by atoms with van der Waals surface area (Å²) in [7, 11) is 1.48. The molecule has 3 aromatic rings. The first-order valence-corrected chi connectivity index (χ1v) is 10.9. The van der Waals surface area contributed by atoms with Gasteiger partial charge in [-0.15, -0.1) is 0 Å². The van der Waals surface area contributed by atoms with Crippen molar-refractivity contribution in [3.63, 3.8) is 0 Å². The maximum atomic E-state index is 14.9. The summed E-state index contributed by atoms with van der Waals surface area (Å²) >= 11 is 0. The summed E-state index contributed by atoms with van der Waals surface area (Å²) in [5.41, 5.74) is 8.56. The van der Waals surface area contributed by atoms with Gasteiger partial charge in [-0.1, -0.05) is 6.07 Å². The van der Waals surface area contributed by atoms with Gasteiger partial charge < -0.3 is 15.4 Å². The van der Waals surface area contributed by atoms with Crippen molar-refractivity contribution in [3.05, 3.63) is 59.2 Å². The van der Waals surface area contributed by atoms with Crippen LogP contribution in [-0.2, 0) is 0 Å². The van der Waals surface area contributed by atoms with Crippen molar-refractivity contribution in [2.24, 2.45) is 5.73 Å². The number of carbonyl (C=O) groups excluding carboxylic acids is 1. The zero-order valence-electron chi connectivity index (χ0n) is 18.7. The van der Waals surface area contributed by atoms with Crippen molar-refractivity contribution < 1.29 is 13.9 Å². The summed E-state index contributed by atoms with van der Waals surface area (Å²) in [4.78, 5) is 30.9. The number of benzene rings is 1. The minimum atomic E-state index is -0.459. The number of pyridine rings is 1. The zero-order chi connectivity index (χ0) is 23.3. The Kier molecular flexibility index (Phi) is 5.20. The third-order valence-electron chi connectivity index (χ3n) is 6.26. The summed E-state index contributed by atoms with van der Waals surface area (Å²) in [6, 6.07) is 7.74. The molecule has 2 N–H and O–H groups in total. The monoisotopic (exact) mass is 448 g/mol. The molecule has 8 nitrogen and oxygen atoms in total. The number of aryl methyl sites for hydroxylation is 1.